The molecule has 160 valence electrons. The number of hydrazone groups is 1. The molecule has 2 aromatic carbocycles. The van der Waals surface area contributed by atoms with E-state index in [2.05, 4.69) is 37.1 Å². The van der Waals surface area contributed by atoms with Gasteiger partial charge in [-0.25, -0.2) is 4.39 Å². The van der Waals surface area contributed by atoms with Crippen LogP contribution in [0.25, 0.3) is 0 Å². The molecule has 0 spiro atoms. The van der Waals surface area contributed by atoms with E-state index in [0.717, 1.165) is 5.56 Å². The van der Waals surface area contributed by atoms with Gasteiger partial charge in [0.05, 0.1) is 17.3 Å². The third kappa shape index (κ3) is 7.60. The first-order valence-electron chi connectivity index (χ1n) is 9.14. The summed E-state index contributed by atoms with van der Waals surface area (Å²) in [6.45, 7) is 4.63. The Kier molecular flexibility index (Phi) is 9.49. The van der Waals surface area contributed by atoms with Crippen molar-refractivity contribution >= 4 is 51.1 Å². The lowest BCUT2D eigenvalue weighted by Gasteiger charge is -2.14. The molecule has 0 unspecified atom stereocenters. The van der Waals surface area contributed by atoms with E-state index in [1.54, 1.807) is 18.3 Å². The molecule has 2 aromatic rings. The van der Waals surface area contributed by atoms with Crippen molar-refractivity contribution in [3.63, 3.8) is 0 Å². The lowest BCUT2D eigenvalue weighted by atomic mass is 10.2. The Bertz CT molecular complexity index is 910. The fourth-order valence-corrected chi connectivity index (χ4v) is 3.07. The van der Waals surface area contributed by atoms with E-state index in [0.29, 0.717) is 39.9 Å². The molecule has 0 fully saturated rings. The fourth-order valence-electron chi connectivity index (χ4n) is 2.30. The second kappa shape index (κ2) is 12.1. The average molecular weight is 497 g/mol. The second-order valence-electron chi connectivity index (χ2n) is 5.84. The highest BCUT2D eigenvalue weighted by molar-refractivity contribution is 9.10. The number of benzene rings is 2. The Morgan fingerprint density at radius 1 is 1.23 bits per heavy atom. The first kappa shape index (κ1) is 23.6. The number of carbonyl (C=O) groups excluding carboxylic acids is 1. The number of hydrogen-bond donors (Lipinski definition) is 3. The molecule has 2 rings (SSSR count). The molecule has 3 N–H and O–H groups in total. The number of nitrogens with zero attached hydrogens (tertiary/aromatic N) is 1. The van der Waals surface area contributed by atoms with Crippen LogP contribution in [0.1, 0.15) is 19.4 Å². The summed E-state index contributed by atoms with van der Waals surface area (Å²) in [4.78, 5) is 12.1. The molecule has 0 radical (unpaired) electrons. The Labute approximate surface area is 188 Å². The highest BCUT2D eigenvalue weighted by Crippen LogP contribution is 2.36. The number of anilines is 1. The Morgan fingerprint density at radius 2 is 1.97 bits per heavy atom. The normalized spacial score (nSPS) is 10.5. The van der Waals surface area contributed by atoms with Crippen LogP contribution < -0.4 is 25.5 Å². The van der Waals surface area contributed by atoms with Crippen LogP contribution in [0, 0.1) is 5.82 Å². The Morgan fingerprint density at radius 3 is 2.63 bits per heavy atom. The highest BCUT2D eigenvalue weighted by Gasteiger charge is 2.14. The number of halogens is 2. The first-order chi connectivity index (χ1) is 14.4. The monoisotopic (exact) mass is 496 g/mol. The maximum Gasteiger partial charge on any atom is 0.262 e. The van der Waals surface area contributed by atoms with E-state index in [1.165, 1.54) is 24.3 Å². The van der Waals surface area contributed by atoms with Gasteiger partial charge < -0.3 is 20.1 Å². The zero-order valence-corrected chi connectivity index (χ0v) is 18.9. The van der Waals surface area contributed by atoms with Crippen molar-refractivity contribution in [2.24, 2.45) is 5.10 Å². The second-order valence-corrected chi connectivity index (χ2v) is 7.10. The molecule has 0 aliphatic heterocycles. The van der Waals surface area contributed by atoms with E-state index < -0.39 is 0 Å². The van der Waals surface area contributed by atoms with E-state index in [-0.39, 0.29) is 18.3 Å². The molecular formula is C20H22BrFN4O3S. The van der Waals surface area contributed by atoms with Crippen LogP contribution >= 0.6 is 28.1 Å². The van der Waals surface area contributed by atoms with E-state index in [9.17, 15) is 9.18 Å². The zero-order valence-electron chi connectivity index (χ0n) is 16.5. The predicted molar refractivity (Wildman–Crippen MR) is 123 cm³/mol. The zero-order chi connectivity index (χ0) is 21.9. The number of thiocarbonyl (C=S) groups is 1. The van der Waals surface area contributed by atoms with Gasteiger partial charge in [0.25, 0.3) is 5.91 Å². The number of ether oxygens (including phenoxy) is 2. The van der Waals surface area contributed by atoms with Crippen LogP contribution in [0.5, 0.6) is 11.5 Å². The quantitative estimate of drug-likeness (QED) is 0.278. The van der Waals surface area contributed by atoms with Crippen molar-refractivity contribution in [1.29, 1.82) is 0 Å². The topological polar surface area (TPSA) is 84.0 Å². The van der Waals surface area contributed by atoms with E-state index in [4.69, 9.17) is 21.7 Å². The molecule has 0 saturated carbocycles. The number of nitrogens with one attached hydrogen (secondary N) is 3. The summed E-state index contributed by atoms with van der Waals surface area (Å²) >= 11 is 8.49. The summed E-state index contributed by atoms with van der Waals surface area (Å²) in [5, 5.41) is 10.1. The van der Waals surface area contributed by atoms with Crippen LogP contribution in [0.3, 0.4) is 0 Å². The first-order valence-corrected chi connectivity index (χ1v) is 10.3. The minimum absolute atomic E-state index is 0.248. The molecule has 7 nitrogen and oxygen atoms in total. The van der Waals surface area contributed by atoms with Crippen molar-refractivity contribution in [1.82, 2.24) is 10.7 Å². The van der Waals surface area contributed by atoms with Crippen LogP contribution in [0.2, 0.25) is 0 Å². The average Bonchev–Trinajstić information content (AvgIpc) is 2.69. The highest BCUT2D eigenvalue weighted by atomic mass is 79.9. The van der Waals surface area contributed by atoms with E-state index in [1.807, 2.05) is 13.8 Å². The summed E-state index contributed by atoms with van der Waals surface area (Å²) in [6, 6.07) is 8.98. The Hall–Kier alpha value is -2.72. The Balaban J connectivity index is 2.05. The number of hydrogen-bond acceptors (Lipinski definition) is 5. The van der Waals surface area contributed by atoms with Crippen LogP contribution in [-0.2, 0) is 4.79 Å². The van der Waals surface area contributed by atoms with Gasteiger partial charge in [-0.3, -0.25) is 10.2 Å². The third-order valence-electron chi connectivity index (χ3n) is 3.52. The summed E-state index contributed by atoms with van der Waals surface area (Å²) in [7, 11) is 0. The van der Waals surface area contributed by atoms with Gasteiger partial charge in [0.1, 0.15) is 5.82 Å². The molecule has 0 atom stereocenters. The smallest absolute Gasteiger partial charge is 0.262 e. The lowest BCUT2D eigenvalue weighted by molar-refractivity contribution is -0.118. The van der Waals surface area contributed by atoms with Gasteiger partial charge in [-0.1, -0.05) is 0 Å². The molecule has 10 heteroatoms. The maximum absolute atomic E-state index is 13.0. The molecule has 0 aliphatic carbocycles. The van der Waals surface area contributed by atoms with Crippen LogP contribution in [0.15, 0.2) is 46.0 Å². The van der Waals surface area contributed by atoms with Gasteiger partial charge in [-0.2, -0.15) is 5.10 Å². The van der Waals surface area contributed by atoms with Crippen LogP contribution in [-0.4, -0.2) is 37.0 Å². The summed E-state index contributed by atoms with van der Waals surface area (Å²) in [5.41, 5.74) is 3.92. The molecule has 0 saturated heterocycles. The van der Waals surface area contributed by atoms with Gasteiger partial charge in [0.2, 0.25) is 0 Å². The van der Waals surface area contributed by atoms with Gasteiger partial charge in [-0.05, 0) is 84.0 Å². The number of amides is 1. The minimum atomic E-state index is -0.386. The summed E-state index contributed by atoms with van der Waals surface area (Å²) in [6.07, 6.45) is 1.59. The maximum atomic E-state index is 13.0. The molecule has 0 aromatic heterocycles. The van der Waals surface area contributed by atoms with Gasteiger partial charge >= 0.3 is 0 Å². The SMILES string of the molecule is CCNC(=S)NN=Cc1cc(Br)c(OCC(=O)Nc2ccc(F)cc2)c(OCC)c1. The van der Waals surface area contributed by atoms with Crippen molar-refractivity contribution in [2.75, 3.05) is 25.1 Å². The standard InChI is InChI=1S/C20H22BrFN4O3S/c1-3-23-20(30)26-24-11-13-9-16(21)19(17(10-13)28-4-2)29-12-18(27)25-15-7-5-14(22)6-8-15/h5-11H,3-4,12H2,1-2H3,(H,25,27)(H2,23,26,30). The molecular weight excluding hydrogens is 475 g/mol. The predicted octanol–water partition coefficient (Wildman–Crippen LogP) is 3.82. The third-order valence-corrected chi connectivity index (χ3v) is 4.35. The van der Waals surface area contributed by atoms with Gasteiger partial charge in [0.15, 0.2) is 23.2 Å². The van der Waals surface area contributed by atoms with Crippen LogP contribution in [0.4, 0.5) is 10.1 Å². The minimum Gasteiger partial charge on any atom is -0.490 e. The van der Waals surface area contributed by atoms with Gasteiger partial charge in [0, 0.05) is 12.2 Å². The van der Waals surface area contributed by atoms with E-state index >= 15 is 0 Å². The molecule has 1 amide bonds. The van der Waals surface area contributed by atoms with Gasteiger partial charge in [-0.15, -0.1) is 0 Å². The largest absolute Gasteiger partial charge is 0.490 e. The van der Waals surface area contributed by atoms with Crippen molar-refractivity contribution in [2.45, 2.75) is 13.8 Å². The summed E-state index contributed by atoms with van der Waals surface area (Å²) in [5.74, 6) is 0.0797. The lowest BCUT2D eigenvalue weighted by Crippen LogP contribution is -2.31. The molecule has 0 heterocycles. The fraction of sp³-hybridized carbons (Fsp3) is 0.250. The van der Waals surface area contributed by atoms with Crippen molar-refractivity contribution in [3.8, 4) is 11.5 Å². The van der Waals surface area contributed by atoms with Crippen molar-refractivity contribution in [3.05, 3.63) is 52.3 Å². The molecule has 30 heavy (non-hydrogen) atoms. The number of carbonyl (C=O) groups is 1. The molecule has 0 aliphatic rings. The molecule has 0 bridgehead atoms. The number of rotatable bonds is 9. The van der Waals surface area contributed by atoms with Crippen molar-refractivity contribution < 1.29 is 18.7 Å². The summed E-state index contributed by atoms with van der Waals surface area (Å²) < 4.78 is 24.9.